The van der Waals surface area contributed by atoms with Crippen molar-refractivity contribution >= 4 is 11.8 Å². The number of amides is 2. The Balaban J connectivity index is 1.80. The van der Waals surface area contributed by atoms with Gasteiger partial charge in [0.05, 0.1) is 23.3 Å². The van der Waals surface area contributed by atoms with E-state index in [1.54, 1.807) is 0 Å². The number of carbonyl (C=O) groups excluding carboxylic acids is 2. The Bertz CT molecular complexity index is 635. The van der Waals surface area contributed by atoms with Gasteiger partial charge in [-0.2, -0.15) is 13.2 Å². The Morgan fingerprint density at radius 3 is 2.96 bits per heavy atom. The number of morpholine rings is 1. The molecule has 0 spiro atoms. The second-order valence-corrected chi connectivity index (χ2v) is 5.48. The minimum atomic E-state index is -4.65. The summed E-state index contributed by atoms with van der Waals surface area (Å²) in [4.78, 5) is 28.6. The summed E-state index contributed by atoms with van der Waals surface area (Å²) in [7, 11) is 0. The lowest BCUT2D eigenvalue weighted by molar-refractivity contribution is -0.139. The fourth-order valence-electron chi connectivity index (χ4n) is 2.86. The van der Waals surface area contributed by atoms with Gasteiger partial charge < -0.3 is 15.0 Å². The molecule has 0 radical (unpaired) electrons. The van der Waals surface area contributed by atoms with Crippen LogP contribution >= 0.6 is 0 Å². The molecule has 0 bridgehead atoms. The molecule has 2 saturated heterocycles. The highest BCUT2D eigenvalue weighted by Gasteiger charge is 2.40. The number of hydrogen-bond acceptors (Lipinski definition) is 4. The van der Waals surface area contributed by atoms with Gasteiger partial charge in [0.1, 0.15) is 6.61 Å². The third-order valence-electron chi connectivity index (χ3n) is 3.97. The maximum atomic E-state index is 13.0. The van der Waals surface area contributed by atoms with Gasteiger partial charge in [0.15, 0.2) is 0 Å². The predicted molar refractivity (Wildman–Crippen MR) is 71.4 cm³/mol. The van der Waals surface area contributed by atoms with Crippen LogP contribution in [0.3, 0.4) is 0 Å². The number of piperidine rings is 1. The summed E-state index contributed by atoms with van der Waals surface area (Å²) in [5.74, 6) is -1.02. The fraction of sp³-hybridized carbons (Fsp3) is 0.500. The number of hydrogen-bond donors (Lipinski definition) is 1. The van der Waals surface area contributed by atoms with Crippen molar-refractivity contribution in [3.05, 3.63) is 29.6 Å². The highest BCUT2D eigenvalue weighted by atomic mass is 19.4. The van der Waals surface area contributed by atoms with Crippen molar-refractivity contribution in [2.75, 3.05) is 19.7 Å². The molecule has 9 heteroatoms. The molecule has 124 valence electrons. The Kier molecular flexibility index (Phi) is 3.97. The van der Waals surface area contributed by atoms with Gasteiger partial charge in [-0.15, -0.1) is 0 Å². The molecule has 1 N–H and O–H groups in total. The zero-order valence-electron chi connectivity index (χ0n) is 12.0. The van der Waals surface area contributed by atoms with Crippen LogP contribution in [0, 0.1) is 0 Å². The number of nitrogens with one attached hydrogen (secondary N) is 1. The molecule has 2 fully saturated rings. The Labute approximate surface area is 129 Å². The first-order valence-corrected chi connectivity index (χ1v) is 7.07. The average Bonchev–Trinajstić information content (AvgIpc) is 2.52. The molecule has 2 aliphatic rings. The van der Waals surface area contributed by atoms with Crippen molar-refractivity contribution < 1.29 is 27.5 Å². The molecule has 0 unspecified atom stereocenters. The lowest BCUT2D eigenvalue weighted by Gasteiger charge is -2.41. The van der Waals surface area contributed by atoms with Crippen LogP contribution in [0.2, 0.25) is 0 Å². The summed E-state index contributed by atoms with van der Waals surface area (Å²) in [6.07, 6.45) is -2.61. The van der Waals surface area contributed by atoms with Crippen LogP contribution < -0.4 is 5.32 Å². The van der Waals surface area contributed by atoms with Gasteiger partial charge in [-0.05, 0) is 12.5 Å². The van der Waals surface area contributed by atoms with E-state index in [1.165, 1.54) is 4.90 Å². The minimum absolute atomic E-state index is 0.0301. The van der Waals surface area contributed by atoms with Crippen LogP contribution in [-0.4, -0.2) is 53.5 Å². The van der Waals surface area contributed by atoms with Crippen molar-refractivity contribution in [3.8, 4) is 0 Å². The summed E-state index contributed by atoms with van der Waals surface area (Å²) in [6, 6.07) is 0.665. The summed E-state index contributed by atoms with van der Waals surface area (Å²) in [5, 5.41) is 2.71. The second kappa shape index (κ2) is 5.80. The van der Waals surface area contributed by atoms with Gasteiger partial charge >= 0.3 is 6.18 Å². The summed E-state index contributed by atoms with van der Waals surface area (Å²) >= 11 is 0. The van der Waals surface area contributed by atoms with E-state index in [9.17, 15) is 22.8 Å². The van der Waals surface area contributed by atoms with Crippen LogP contribution in [0.15, 0.2) is 18.5 Å². The van der Waals surface area contributed by atoms with Gasteiger partial charge in [0, 0.05) is 25.5 Å². The van der Waals surface area contributed by atoms with Crippen LogP contribution in [0.1, 0.15) is 22.3 Å². The number of alkyl halides is 3. The standard InChI is InChI=1S/C14H14F3N3O3/c15-14(16,17)9-5-18-3-1-8(9)13(22)20-4-2-11-10(6-20)19-12(21)7-23-11/h1,3,5,10-11H,2,4,6-7H2,(H,19,21)/t10-,11-/m1/s1. The van der Waals surface area contributed by atoms with E-state index in [4.69, 9.17) is 4.74 Å². The van der Waals surface area contributed by atoms with E-state index in [2.05, 4.69) is 10.3 Å². The molecule has 1 aromatic rings. The Morgan fingerprint density at radius 2 is 2.22 bits per heavy atom. The Morgan fingerprint density at radius 1 is 1.43 bits per heavy atom. The number of likely N-dealkylation sites (tertiary alicyclic amines) is 1. The molecule has 3 rings (SSSR count). The number of ether oxygens (including phenoxy) is 1. The summed E-state index contributed by atoms with van der Waals surface area (Å²) in [6.45, 7) is 0.363. The monoisotopic (exact) mass is 329 g/mol. The number of nitrogens with zero attached hydrogens (tertiary/aromatic N) is 2. The van der Waals surface area contributed by atoms with E-state index in [-0.39, 0.29) is 31.7 Å². The number of halogens is 3. The van der Waals surface area contributed by atoms with Gasteiger partial charge in [-0.25, -0.2) is 0 Å². The van der Waals surface area contributed by atoms with E-state index in [0.717, 1.165) is 12.3 Å². The van der Waals surface area contributed by atoms with Crippen LogP contribution in [0.4, 0.5) is 13.2 Å². The second-order valence-electron chi connectivity index (χ2n) is 5.48. The van der Waals surface area contributed by atoms with E-state index in [0.29, 0.717) is 12.6 Å². The molecule has 0 aromatic carbocycles. The lowest BCUT2D eigenvalue weighted by atomic mass is 9.99. The molecular weight excluding hydrogens is 315 g/mol. The largest absolute Gasteiger partial charge is 0.418 e. The van der Waals surface area contributed by atoms with Gasteiger partial charge in [-0.1, -0.05) is 0 Å². The third-order valence-corrected chi connectivity index (χ3v) is 3.97. The first-order chi connectivity index (χ1) is 10.9. The van der Waals surface area contributed by atoms with Crippen LogP contribution in [0.25, 0.3) is 0 Å². The molecule has 2 aliphatic heterocycles. The zero-order chi connectivity index (χ0) is 16.6. The zero-order valence-corrected chi connectivity index (χ0v) is 12.0. The van der Waals surface area contributed by atoms with Crippen molar-refractivity contribution in [1.29, 1.82) is 0 Å². The fourth-order valence-corrected chi connectivity index (χ4v) is 2.86. The summed E-state index contributed by atoms with van der Waals surface area (Å²) in [5.41, 5.74) is -1.50. The highest BCUT2D eigenvalue weighted by molar-refractivity contribution is 5.96. The third kappa shape index (κ3) is 3.14. The molecule has 23 heavy (non-hydrogen) atoms. The normalized spacial score (nSPS) is 24.8. The number of pyridine rings is 1. The first kappa shape index (κ1) is 15.7. The van der Waals surface area contributed by atoms with Crippen molar-refractivity contribution in [3.63, 3.8) is 0 Å². The lowest BCUT2D eigenvalue weighted by Crippen LogP contribution is -2.61. The molecule has 6 nitrogen and oxygen atoms in total. The maximum absolute atomic E-state index is 13.0. The molecule has 0 aliphatic carbocycles. The number of carbonyl (C=O) groups is 2. The van der Waals surface area contributed by atoms with Crippen molar-refractivity contribution in [2.24, 2.45) is 0 Å². The Hall–Kier alpha value is -2.16. The minimum Gasteiger partial charge on any atom is -0.366 e. The molecular formula is C14H14F3N3O3. The molecule has 3 heterocycles. The van der Waals surface area contributed by atoms with E-state index in [1.807, 2.05) is 0 Å². The average molecular weight is 329 g/mol. The quantitative estimate of drug-likeness (QED) is 0.828. The topological polar surface area (TPSA) is 71.5 Å². The predicted octanol–water partition coefficient (Wildman–Crippen LogP) is 0.830. The summed E-state index contributed by atoms with van der Waals surface area (Å²) < 4.78 is 44.4. The number of rotatable bonds is 1. The molecule has 2 amide bonds. The molecule has 2 atom stereocenters. The van der Waals surface area contributed by atoms with Crippen LogP contribution in [-0.2, 0) is 15.7 Å². The molecule has 0 saturated carbocycles. The van der Waals surface area contributed by atoms with Crippen molar-refractivity contribution in [1.82, 2.24) is 15.2 Å². The van der Waals surface area contributed by atoms with Gasteiger partial charge in [0.2, 0.25) is 5.91 Å². The van der Waals surface area contributed by atoms with Gasteiger partial charge in [-0.3, -0.25) is 14.6 Å². The number of fused-ring (bicyclic) bond motifs is 1. The number of aromatic nitrogens is 1. The van der Waals surface area contributed by atoms with Crippen LogP contribution in [0.5, 0.6) is 0 Å². The van der Waals surface area contributed by atoms with Gasteiger partial charge in [0.25, 0.3) is 5.91 Å². The molecule has 1 aromatic heterocycles. The highest BCUT2D eigenvalue weighted by Crippen LogP contribution is 2.32. The van der Waals surface area contributed by atoms with Crippen molar-refractivity contribution in [2.45, 2.75) is 24.7 Å². The van der Waals surface area contributed by atoms with E-state index >= 15 is 0 Å². The first-order valence-electron chi connectivity index (χ1n) is 7.07. The van der Waals surface area contributed by atoms with E-state index < -0.39 is 29.3 Å². The maximum Gasteiger partial charge on any atom is 0.418 e. The smallest absolute Gasteiger partial charge is 0.366 e. The SMILES string of the molecule is O=C1CO[C@@H]2CCN(C(=O)c3ccncc3C(F)(F)F)C[C@H]2N1.